The van der Waals surface area contributed by atoms with E-state index in [4.69, 9.17) is 4.84 Å². The molecule has 1 aliphatic carbocycles. The molecule has 2 nitrogen and oxygen atoms in total. The molecule has 0 aromatic rings. The summed E-state index contributed by atoms with van der Waals surface area (Å²) in [6, 6.07) is 0. The molecule has 0 aromatic carbocycles. The standard InChI is InChI=1S/C10H19NO/c1-9(2)7-8-11-12-10-5-3-4-6-10/h10-11H,1,3-8H2,2H3. The van der Waals surface area contributed by atoms with Crippen LogP contribution in [0, 0.1) is 0 Å². The zero-order valence-corrected chi connectivity index (χ0v) is 7.94. The van der Waals surface area contributed by atoms with Crippen molar-refractivity contribution < 1.29 is 4.84 Å². The number of hydrogen-bond acceptors (Lipinski definition) is 2. The van der Waals surface area contributed by atoms with Crippen LogP contribution in [0.25, 0.3) is 0 Å². The average Bonchev–Trinajstić information content (AvgIpc) is 2.49. The topological polar surface area (TPSA) is 21.3 Å². The molecule has 1 saturated carbocycles. The van der Waals surface area contributed by atoms with Gasteiger partial charge in [0.2, 0.25) is 0 Å². The van der Waals surface area contributed by atoms with Gasteiger partial charge in [-0.05, 0) is 26.2 Å². The Morgan fingerprint density at radius 2 is 2.17 bits per heavy atom. The van der Waals surface area contributed by atoms with Gasteiger partial charge in [-0.1, -0.05) is 18.4 Å². The first kappa shape index (κ1) is 9.75. The van der Waals surface area contributed by atoms with Crippen molar-refractivity contribution >= 4 is 0 Å². The monoisotopic (exact) mass is 169 g/mol. The van der Waals surface area contributed by atoms with Crippen LogP contribution in [0.4, 0.5) is 0 Å². The van der Waals surface area contributed by atoms with Gasteiger partial charge in [-0.2, -0.15) is 0 Å². The van der Waals surface area contributed by atoms with Crippen LogP contribution in [0.15, 0.2) is 12.2 Å². The number of hydroxylamine groups is 1. The summed E-state index contributed by atoms with van der Waals surface area (Å²) >= 11 is 0. The summed E-state index contributed by atoms with van der Waals surface area (Å²) in [5.41, 5.74) is 4.20. The van der Waals surface area contributed by atoms with E-state index in [1.807, 2.05) is 6.92 Å². The van der Waals surface area contributed by atoms with Crippen LogP contribution in [-0.2, 0) is 4.84 Å². The van der Waals surface area contributed by atoms with E-state index in [1.54, 1.807) is 0 Å². The molecule has 0 unspecified atom stereocenters. The van der Waals surface area contributed by atoms with E-state index in [1.165, 1.54) is 31.3 Å². The summed E-state index contributed by atoms with van der Waals surface area (Å²) in [5.74, 6) is 0. The maximum Gasteiger partial charge on any atom is 0.0790 e. The van der Waals surface area contributed by atoms with Gasteiger partial charge in [0.25, 0.3) is 0 Å². The Hall–Kier alpha value is -0.340. The first-order chi connectivity index (χ1) is 5.79. The van der Waals surface area contributed by atoms with Crippen LogP contribution < -0.4 is 5.48 Å². The van der Waals surface area contributed by atoms with E-state index in [0.717, 1.165) is 13.0 Å². The fourth-order valence-corrected chi connectivity index (χ4v) is 1.45. The lowest BCUT2D eigenvalue weighted by molar-refractivity contribution is -0.0198. The summed E-state index contributed by atoms with van der Waals surface area (Å²) in [6.07, 6.45) is 6.57. The van der Waals surface area contributed by atoms with E-state index in [2.05, 4.69) is 12.1 Å². The molecule has 0 aromatic heterocycles. The van der Waals surface area contributed by atoms with Crippen LogP contribution in [0.5, 0.6) is 0 Å². The lowest BCUT2D eigenvalue weighted by Crippen LogP contribution is -2.22. The van der Waals surface area contributed by atoms with Gasteiger partial charge in [0.05, 0.1) is 6.10 Å². The first-order valence-corrected chi connectivity index (χ1v) is 4.82. The van der Waals surface area contributed by atoms with Gasteiger partial charge < -0.3 is 0 Å². The Kier molecular flexibility index (Phi) is 4.33. The van der Waals surface area contributed by atoms with Gasteiger partial charge in [0, 0.05) is 6.54 Å². The molecule has 1 N–H and O–H groups in total. The summed E-state index contributed by atoms with van der Waals surface area (Å²) in [4.78, 5) is 5.46. The average molecular weight is 169 g/mol. The second-order valence-electron chi connectivity index (χ2n) is 3.63. The Balaban J connectivity index is 1.91. The highest BCUT2D eigenvalue weighted by Gasteiger charge is 2.14. The first-order valence-electron chi connectivity index (χ1n) is 4.82. The van der Waals surface area contributed by atoms with Crippen molar-refractivity contribution in [1.82, 2.24) is 5.48 Å². The third kappa shape index (κ3) is 3.88. The van der Waals surface area contributed by atoms with E-state index >= 15 is 0 Å². The molecule has 12 heavy (non-hydrogen) atoms. The van der Waals surface area contributed by atoms with Crippen molar-refractivity contribution in [2.24, 2.45) is 0 Å². The fourth-order valence-electron chi connectivity index (χ4n) is 1.45. The van der Waals surface area contributed by atoms with Gasteiger partial charge in [0.15, 0.2) is 0 Å². The van der Waals surface area contributed by atoms with Crippen LogP contribution in [-0.4, -0.2) is 12.6 Å². The highest BCUT2D eigenvalue weighted by Crippen LogP contribution is 2.19. The molecular formula is C10H19NO. The Morgan fingerprint density at radius 3 is 2.75 bits per heavy atom. The molecule has 0 saturated heterocycles. The van der Waals surface area contributed by atoms with E-state index in [0.29, 0.717) is 6.10 Å². The minimum Gasteiger partial charge on any atom is -0.299 e. The lowest BCUT2D eigenvalue weighted by Gasteiger charge is -2.11. The molecule has 0 bridgehead atoms. The Morgan fingerprint density at radius 1 is 1.50 bits per heavy atom. The summed E-state index contributed by atoms with van der Waals surface area (Å²) in [6.45, 7) is 6.76. The van der Waals surface area contributed by atoms with E-state index in [9.17, 15) is 0 Å². The second-order valence-corrected chi connectivity index (χ2v) is 3.63. The summed E-state index contributed by atoms with van der Waals surface area (Å²) in [5, 5.41) is 0. The largest absolute Gasteiger partial charge is 0.299 e. The molecule has 0 radical (unpaired) electrons. The zero-order chi connectivity index (χ0) is 8.81. The molecular weight excluding hydrogens is 150 g/mol. The number of hydrogen-bond donors (Lipinski definition) is 1. The third-order valence-electron chi connectivity index (χ3n) is 2.21. The predicted molar refractivity (Wildman–Crippen MR) is 50.8 cm³/mol. The zero-order valence-electron chi connectivity index (χ0n) is 7.94. The smallest absolute Gasteiger partial charge is 0.0790 e. The van der Waals surface area contributed by atoms with E-state index in [-0.39, 0.29) is 0 Å². The van der Waals surface area contributed by atoms with Crippen LogP contribution in [0.2, 0.25) is 0 Å². The van der Waals surface area contributed by atoms with Gasteiger partial charge in [-0.25, -0.2) is 5.48 Å². The van der Waals surface area contributed by atoms with Crippen LogP contribution in [0.3, 0.4) is 0 Å². The van der Waals surface area contributed by atoms with Crippen molar-refractivity contribution in [3.05, 3.63) is 12.2 Å². The molecule has 0 spiro atoms. The van der Waals surface area contributed by atoms with Gasteiger partial charge >= 0.3 is 0 Å². The third-order valence-corrected chi connectivity index (χ3v) is 2.21. The van der Waals surface area contributed by atoms with E-state index < -0.39 is 0 Å². The number of nitrogens with one attached hydrogen (secondary N) is 1. The maximum absolute atomic E-state index is 5.46. The molecule has 70 valence electrons. The summed E-state index contributed by atoms with van der Waals surface area (Å²) in [7, 11) is 0. The SMILES string of the molecule is C=C(C)CCNOC1CCCC1. The molecule has 0 heterocycles. The fraction of sp³-hybridized carbons (Fsp3) is 0.800. The van der Waals surface area contributed by atoms with Crippen molar-refractivity contribution in [2.45, 2.75) is 45.1 Å². The van der Waals surface area contributed by atoms with Gasteiger partial charge in [-0.15, -0.1) is 6.58 Å². The minimum atomic E-state index is 0.468. The highest BCUT2D eigenvalue weighted by molar-refractivity contribution is 4.87. The molecule has 1 rings (SSSR count). The normalized spacial score (nSPS) is 18.4. The predicted octanol–water partition coefficient (Wildman–Crippen LogP) is 2.42. The highest BCUT2D eigenvalue weighted by atomic mass is 16.7. The Labute approximate surface area is 74.9 Å². The minimum absolute atomic E-state index is 0.468. The Bertz CT molecular complexity index is 139. The van der Waals surface area contributed by atoms with Gasteiger partial charge in [-0.3, -0.25) is 4.84 Å². The lowest BCUT2D eigenvalue weighted by atomic mass is 10.2. The molecule has 0 atom stereocenters. The molecule has 2 heteroatoms. The molecule has 0 aliphatic heterocycles. The van der Waals surface area contributed by atoms with Gasteiger partial charge in [0.1, 0.15) is 0 Å². The van der Waals surface area contributed by atoms with Crippen molar-refractivity contribution in [3.8, 4) is 0 Å². The van der Waals surface area contributed by atoms with Crippen molar-refractivity contribution in [2.75, 3.05) is 6.54 Å². The second kappa shape index (κ2) is 5.33. The molecule has 1 aliphatic rings. The molecule has 0 amide bonds. The summed E-state index contributed by atoms with van der Waals surface area (Å²) < 4.78 is 0. The number of rotatable bonds is 5. The molecule has 1 fully saturated rings. The van der Waals surface area contributed by atoms with Crippen LogP contribution >= 0.6 is 0 Å². The van der Waals surface area contributed by atoms with Crippen LogP contribution in [0.1, 0.15) is 39.0 Å². The quantitative estimate of drug-likeness (QED) is 0.387. The van der Waals surface area contributed by atoms with Crippen molar-refractivity contribution in [3.63, 3.8) is 0 Å². The maximum atomic E-state index is 5.46. The van der Waals surface area contributed by atoms with Crippen molar-refractivity contribution in [1.29, 1.82) is 0 Å².